The zero-order chi connectivity index (χ0) is 21.3. The van der Waals surface area contributed by atoms with Gasteiger partial charge in [-0.3, -0.25) is 9.79 Å². The van der Waals surface area contributed by atoms with Crippen LogP contribution in [0, 0.1) is 0 Å². The molecular formula is C20H22N2O5S3. The molecule has 2 aliphatic rings. The highest BCUT2D eigenvalue weighted by atomic mass is 32.2. The molecule has 0 bridgehead atoms. The summed E-state index contributed by atoms with van der Waals surface area (Å²) in [5.41, 5.74) is 1.46. The molecule has 10 heteroatoms. The molecule has 2 heterocycles. The molecular weight excluding hydrogens is 444 g/mol. The second kappa shape index (κ2) is 11.5. The van der Waals surface area contributed by atoms with Crippen LogP contribution < -0.4 is 0 Å². The Hall–Kier alpha value is -1.91. The smallest absolute Gasteiger partial charge is 0.338 e. The summed E-state index contributed by atoms with van der Waals surface area (Å²) in [7, 11) is 1.29. The molecule has 0 unspecified atom stereocenters. The lowest BCUT2D eigenvalue weighted by atomic mass is 10.1. The number of rotatable bonds is 8. The first-order valence-corrected chi connectivity index (χ1v) is 12.3. The summed E-state index contributed by atoms with van der Waals surface area (Å²) in [5, 5.41) is 0.563. The molecule has 0 radical (unpaired) electrons. The zero-order valence-electron chi connectivity index (χ0n) is 16.5. The minimum Gasteiger partial charge on any atom is -0.466 e. The Morgan fingerprint density at radius 2 is 2.13 bits per heavy atom. The first-order chi connectivity index (χ1) is 14.6. The number of carbonyl (C=O) groups excluding carboxylic acids is 3. The third-order valence-electron chi connectivity index (χ3n) is 4.26. The molecule has 3 rings (SSSR count). The van der Waals surface area contributed by atoms with E-state index in [4.69, 9.17) is 4.74 Å². The van der Waals surface area contributed by atoms with Crippen LogP contribution in [0.3, 0.4) is 0 Å². The maximum absolute atomic E-state index is 12.5. The van der Waals surface area contributed by atoms with Gasteiger partial charge in [-0.2, -0.15) is 0 Å². The molecule has 0 saturated carbocycles. The van der Waals surface area contributed by atoms with E-state index in [9.17, 15) is 14.4 Å². The molecule has 30 heavy (non-hydrogen) atoms. The van der Waals surface area contributed by atoms with Gasteiger partial charge in [0.1, 0.15) is 4.38 Å². The molecule has 1 fully saturated rings. The molecule has 2 aliphatic heterocycles. The second-order valence-corrected chi connectivity index (χ2v) is 9.57. The Balaban J connectivity index is 1.49. The molecule has 1 saturated heterocycles. The van der Waals surface area contributed by atoms with Crippen LogP contribution in [0.5, 0.6) is 0 Å². The van der Waals surface area contributed by atoms with E-state index in [0.29, 0.717) is 29.3 Å². The predicted octanol–water partition coefficient (Wildman–Crippen LogP) is 3.16. The highest BCUT2D eigenvalue weighted by molar-refractivity contribution is 8.38. The van der Waals surface area contributed by atoms with E-state index in [2.05, 4.69) is 9.73 Å². The van der Waals surface area contributed by atoms with Gasteiger partial charge in [0.2, 0.25) is 5.91 Å². The number of ether oxygens (including phenoxy) is 2. The fourth-order valence-electron chi connectivity index (χ4n) is 2.78. The number of esters is 2. The van der Waals surface area contributed by atoms with Crippen LogP contribution in [-0.4, -0.2) is 65.4 Å². The molecule has 1 amide bonds. The number of hydrogen-bond acceptors (Lipinski definition) is 9. The fraction of sp³-hybridized carbons (Fsp3) is 0.400. The average Bonchev–Trinajstić information content (AvgIpc) is 3.40. The molecule has 7 nitrogen and oxygen atoms in total. The third-order valence-corrected chi connectivity index (χ3v) is 7.59. The van der Waals surface area contributed by atoms with Crippen LogP contribution in [0.2, 0.25) is 0 Å². The summed E-state index contributed by atoms with van der Waals surface area (Å²) in [6.07, 6.45) is 1.78. The molecule has 0 spiro atoms. The van der Waals surface area contributed by atoms with Crippen molar-refractivity contribution in [1.29, 1.82) is 0 Å². The Morgan fingerprint density at radius 1 is 1.30 bits per heavy atom. The van der Waals surface area contributed by atoms with E-state index in [1.165, 1.54) is 29.8 Å². The number of thioether (sulfide) groups is 3. The molecule has 0 atom stereocenters. The van der Waals surface area contributed by atoms with Crippen molar-refractivity contribution in [3.63, 3.8) is 0 Å². The number of nitrogens with zero attached hydrogens (tertiary/aromatic N) is 2. The van der Waals surface area contributed by atoms with Gasteiger partial charge in [0, 0.05) is 18.1 Å². The van der Waals surface area contributed by atoms with E-state index in [-0.39, 0.29) is 24.2 Å². The Labute approximate surface area is 188 Å². The molecule has 0 aromatic heterocycles. The maximum atomic E-state index is 12.5. The third kappa shape index (κ3) is 6.29. The number of methoxy groups -OCH3 is 1. The molecule has 0 aliphatic carbocycles. The van der Waals surface area contributed by atoms with Crippen LogP contribution in [0.15, 0.2) is 40.4 Å². The van der Waals surface area contributed by atoms with Crippen molar-refractivity contribution in [3.05, 3.63) is 46.5 Å². The number of hydrogen-bond donors (Lipinski definition) is 0. The van der Waals surface area contributed by atoms with E-state index >= 15 is 0 Å². The molecule has 160 valence electrons. The SMILES string of the molecule is COC(=O)/C=C1/SCC(=O)N1CCCOC(=O)c1ccccc1CSC1=NCCS1. The van der Waals surface area contributed by atoms with Crippen LogP contribution in [0.4, 0.5) is 0 Å². The summed E-state index contributed by atoms with van der Waals surface area (Å²) in [6.45, 7) is 1.41. The van der Waals surface area contributed by atoms with Crippen molar-refractivity contribution < 1.29 is 23.9 Å². The van der Waals surface area contributed by atoms with Gasteiger partial charge in [0.15, 0.2) is 0 Å². The number of amides is 1. The predicted molar refractivity (Wildman–Crippen MR) is 122 cm³/mol. The van der Waals surface area contributed by atoms with Gasteiger partial charge in [-0.15, -0.1) is 0 Å². The van der Waals surface area contributed by atoms with E-state index in [1.54, 1.807) is 29.6 Å². The Bertz CT molecular complexity index is 872. The lowest BCUT2D eigenvalue weighted by molar-refractivity contribution is -0.134. The van der Waals surface area contributed by atoms with Gasteiger partial charge >= 0.3 is 11.9 Å². The number of carbonyl (C=O) groups is 3. The van der Waals surface area contributed by atoms with Gasteiger partial charge in [0.05, 0.1) is 42.7 Å². The first kappa shape index (κ1) is 22.8. The average molecular weight is 467 g/mol. The van der Waals surface area contributed by atoms with Crippen molar-refractivity contribution in [1.82, 2.24) is 4.90 Å². The van der Waals surface area contributed by atoms with Gasteiger partial charge in [0.25, 0.3) is 0 Å². The van der Waals surface area contributed by atoms with E-state index in [1.807, 2.05) is 18.2 Å². The highest BCUT2D eigenvalue weighted by Gasteiger charge is 2.27. The monoisotopic (exact) mass is 466 g/mol. The number of aliphatic imine (C=N–C) groups is 1. The maximum Gasteiger partial charge on any atom is 0.338 e. The normalized spacial score (nSPS) is 17.4. The Kier molecular flexibility index (Phi) is 8.71. The van der Waals surface area contributed by atoms with Crippen molar-refractivity contribution in [2.45, 2.75) is 12.2 Å². The summed E-state index contributed by atoms with van der Waals surface area (Å²) in [4.78, 5) is 41.9. The van der Waals surface area contributed by atoms with Crippen LogP contribution >= 0.6 is 35.3 Å². The lowest BCUT2D eigenvalue weighted by Crippen LogP contribution is -2.27. The summed E-state index contributed by atoms with van der Waals surface area (Å²) in [6, 6.07) is 7.41. The summed E-state index contributed by atoms with van der Waals surface area (Å²) < 4.78 is 11.1. The van der Waals surface area contributed by atoms with Crippen LogP contribution in [0.25, 0.3) is 0 Å². The molecule has 1 aromatic carbocycles. The summed E-state index contributed by atoms with van der Waals surface area (Å²) >= 11 is 4.67. The summed E-state index contributed by atoms with van der Waals surface area (Å²) in [5.74, 6) is 1.02. The minimum absolute atomic E-state index is 0.0726. The van der Waals surface area contributed by atoms with Crippen LogP contribution in [0.1, 0.15) is 22.3 Å². The van der Waals surface area contributed by atoms with Gasteiger partial charge in [-0.25, -0.2) is 9.59 Å². The molecule has 1 aromatic rings. The zero-order valence-corrected chi connectivity index (χ0v) is 18.9. The quantitative estimate of drug-likeness (QED) is 0.328. The van der Waals surface area contributed by atoms with E-state index < -0.39 is 5.97 Å². The molecule has 0 N–H and O–H groups in total. The standard InChI is InChI=1S/C20H22N2O5S3/c1-26-18(24)11-17-22(16(23)13-29-17)8-4-9-27-19(25)15-6-3-2-5-14(15)12-30-20-21-7-10-28-20/h2-3,5-6,11H,4,7-10,12-13H2,1H3/b17-11+. The van der Waals surface area contributed by atoms with E-state index in [0.717, 1.165) is 22.2 Å². The number of benzene rings is 1. The van der Waals surface area contributed by atoms with Crippen LogP contribution in [-0.2, 0) is 24.8 Å². The fourth-order valence-corrected chi connectivity index (χ4v) is 5.75. The highest BCUT2D eigenvalue weighted by Crippen LogP contribution is 2.29. The second-order valence-electron chi connectivity index (χ2n) is 6.27. The van der Waals surface area contributed by atoms with Crippen molar-refractivity contribution in [2.75, 3.05) is 38.3 Å². The first-order valence-electron chi connectivity index (χ1n) is 9.36. The Morgan fingerprint density at radius 3 is 2.90 bits per heavy atom. The van der Waals surface area contributed by atoms with Gasteiger partial charge in [-0.05, 0) is 18.1 Å². The minimum atomic E-state index is -0.500. The largest absolute Gasteiger partial charge is 0.466 e. The topological polar surface area (TPSA) is 85.3 Å². The van der Waals surface area contributed by atoms with Crippen molar-refractivity contribution in [2.24, 2.45) is 4.99 Å². The lowest BCUT2D eigenvalue weighted by Gasteiger charge is -2.17. The van der Waals surface area contributed by atoms with Gasteiger partial charge in [-0.1, -0.05) is 53.5 Å². The van der Waals surface area contributed by atoms with Gasteiger partial charge < -0.3 is 14.4 Å². The van der Waals surface area contributed by atoms with Crippen molar-refractivity contribution >= 4 is 57.5 Å². The van der Waals surface area contributed by atoms with Crippen molar-refractivity contribution in [3.8, 4) is 0 Å².